The van der Waals surface area contributed by atoms with E-state index in [0.29, 0.717) is 41.6 Å². The first-order valence-corrected chi connectivity index (χ1v) is 21.2. The first-order valence-electron chi connectivity index (χ1n) is 16.3. The number of nitrogens with one attached hydrogen (secondary N) is 3. The van der Waals surface area contributed by atoms with Gasteiger partial charge in [-0.05, 0) is 72.2 Å². The molecule has 2 aliphatic carbocycles. The van der Waals surface area contributed by atoms with Gasteiger partial charge < -0.3 is 10.2 Å². The standard InChI is InChI=1S/C17H21F3N2O2S.C13H18N2O2S.C4H4BrF3/c1-17(11-4-3-5-12(8-11)21-25(2,23)24)13-9-22(10-14(13)17)7-6-15(18)16(19)20;1-13(11-7-14-8-12(11)13)9-4-3-5-10(6-9)15-18(2,16)17;5-2-1-3(6)4(7)8/h3-5,8,13-14,21H,6-7,9-10H2,1-2H3;3-6,11-12,14-15H,7-8H2,1-2H3;1-2H2. The number of sulfonamides is 2. The number of piperidine rings is 2. The molecule has 0 aromatic heterocycles. The summed E-state index contributed by atoms with van der Waals surface area (Å²) in [5.41, 5.74) is 3.68. The van der Waals surface area contributed by atoms with Crippen LogP contribution in [0.2, 0.25) is 0 Å². The van der Waals surface area contributed by atoms with Crippen LogP contribution in [0.4, 0.5) is 37.7 Å². The number of fused-ring (bicyclic) bond motifs is 2. The second-order valence-electron chi connectivity index (χ2n) is 13.8. The predicted molar refractivity (Wildman–Crippen MR) is 192 cm³/mol. The van der Waals surface area contributed by atoms with Crippen molar-refractivity contribution >= 4 is 47.4 Å². The van der Waals surface area contributed by atoms with Crippen molar-refractivity contribution in [1.29, 1.82) is 0 Å². The molecule has 284 valence electrons. The highest BCUT2D eigenvalue weighted by molar-refractivity contribution is 9.09. The summed E-state index contributed by atoms with van der Waals surface area (Å²) in [7, 11) is -6.53. The van der Waals surface area contributed by atoms with Gasteiger partial charge in [-0.3, -0.25) is 9.44 Å². The molecule has 0 spiro atoms. The van der Waals surface area contributed by atoms with Crippen molar-refractivity contribution in [2.75, 3.05) is 60.0 Å². The van der Waals surface area contributed by atoms with E-state index in [-0.39, 0.29) is 29.0 Å². The van der Waals surface area contributed by atoms with Gasteiger partial charge in [-0.25, -0.2) is 25.6 Å². The van der Waals surface area contributed by atoms with Crippen LogP contribution >= 0.6 is 15.9 Å². The lowest BCUT2D eigenvalue weighted by Gasteiger charge is -2.24. The van der Waals surface area contributed by atoms with Gasteiger partial charge in [0.05, 0.1) is 12.5 Å². The average molecular weight is 830 g/mol. The minimum Gasteiger partial charge on any atom is -0.316 e. The molecule has 0 bridgehead atoms. The summed E-state index contributed by atoms with van der Waals surface area (Å²) in [6.45, 7) is 8.35. The molecule has 6 rings (SSSR count). The van der Waals surface area contributed by atoms with Crippen LogP contribution < -0.4 is 14.8 Å². The van der Waals surface area contributed by atoms with E-state index in [0.717, 1.165) is 38.0 Å². The van der Waals surface area contributed by atoms with Crippen molar-refractivity contribution in [1.82, 2.24) is 10.2 Å². The molecule has 4 unspecified atom stereocenters. The van der Waals surface area contributed by atoms with Crippen molar-refractivity contribution in [3.8, 4) is 0 Å². The third-order valence-electron chi connectivity index (χ3n) is 10.4. The number of alkyl halides is 1. The molecule has 4 aliphatic rings. The summed E-state index contributed by atoms with van der Waals surface area (Å²) in [6.07, 6.45) is -2.65. The maximum Gasteiger partial charge on any atom is 0.301 e. The molecule has 2 aromatic carbocycles. The van der Waals surface area contributed by atoms with E-state index in [1.54, 1.807) is 12.1 Å². The Morgan fingerprint density at radius 1 is 0.745 bits per heavy atom. The van der Waals surface area contributed by atoms with Crippen molar-refractivity contribution in [2.24, 2.45) is 23.7 Å². The van der Waals surface area contributed by atoms with Crippen molar-refractivity contribution in [2.45, 2.75) is 37.5 Å². The van der Waals surface area contributed by atoms with Crippen LogP contribution in [0.3, 0.4) is 0 Å². The minimum absolute atomic E-state index is 0.0502. The van der Waals surface area contributed by atoms with E-state index in [9.17, 15) is 43.2 Å². The third kappa shape index (κ3) is 10.3. The second kappa shape index (κ2) is 16.2. The molecule has 2 aliphatic heterocycles. The van der Waals surface area contributed by atoms with Crippen LogP contribution in [0.15, 0.2) is 72.3 Å². The molecular weight excluding hydrogens is 786 g/mol. The van der Waals surface area contributed by atoms with Crippen LogP contribution in [0.25, 0.3) is 0 Å². The summed E-state index contributed by atoms with van der Waals surface area (Å²) < 4.78 is 121. The van der Waals surface area contributed by atoms with E-state index in [4.69, 9.17) is 0 Å². The fourth-order valence-electron chi connectivity index (χ4n) is 7.59. The second-order valence-corrected chi connectivity index (χ2v) is 18.1. The molecule has 3 N–H and O–H groups in total. The number of nitrogens with zero attached hydrogens (tertiary/aromatic N) is 1. The first kappa shape index (κ1) is 41.2. The number of hydrogen-bond donors (Lipinski definition) is 3. The van der Waals surface area contributed by atoms with E-state index in [1.165, 1.54) is 11.8 Å². The zero-order valence-corrected chi connectivity index (χ0v) is 31.8. The van der Waals surface area contributed by atoms with Crippen LogP contribution in [-0.4, -0.2) is 72.3 Å². The molecule has 4 fully saturated rings. The van der Waals surface area contributed by atoms with Gasteiger partial charge in [0.2, 0.25) is 20.0 Å². The molecule has 2 aromatic rings. The first-order chi connectivity index (χ1) is 23.7. The molecule has 2 saturated heterocycles. The van der Waals surface area contributed by atoms with Gasteiger partial charge in [0, 0.05) is 60.0 Å². The number of likely N-dealkylation sites (tertiary alicyclic amines) is 1. The Balaban J connectivity index is 0.000000195. The minimum atomic E-state index is -3.33. The Morgan fingerprint density at radius 3 is 1.53 bits per heavy atom. The van der Waals surface area contributed by atoms with Crippen LogP contribution in [0, 0.1) is 23.7 Å². The fourth-order valence-corrected chi connectivity index (χ4v) is 9.05. The monoisotopic (exact) mass is 828 g/mol. The normalized spacial score (nSPS) is 27.4. The van der Waals surface area contributed by atoms with E-state index in [1.807, 2.05) is 35.2 Å². The molecule has 2 saturated carbocycles. The van der Waals surface area contributed by atoms with Gasteiger partial charge in [-0.15, -0.1) is 0 Å². The maximum atomic E-state index is 12.9. The third-order valence-corrected chi connectivity index (χ3v) is 12.0. The predicted octanol–water partition coefficient (Wildman–Crippen LogP) is 7.36. The number of hydrogen-bond acceptors (Lipinski definition) is 6. The fraction of sp³-hybridized carbons (Fsp3) is 0.529. The Kier molecular flexibility index (Phi) is 13.1. The van der Waals surface area contributed by atoms with E-state index in [2.05, 4.69) is 50.6 Å². The topological polar surface area (TPSA) is 108 Å². The molecule has 17 heteroatoms. The molecule has 51 heavy (non-hydrogen) atoms. The van der Waals surface area contributed by atoms with Gasteiger partial charge in [0.1, 0.15) is 0 Å². The van der Waals surface area contributed by atoms with Crippen molar-refractivity contribution in [3.05, 3.63) is 83.5 Å². The summed E-state index contributed by atoms with van der Waals surface area (Å²) in [5.74, 6) is -0.506. The summed E-state index contributed by atoms with van der Waals surface area (Å²) in [6, 6.07) is 15.2. The number of anilines is 2. The summed E-state index contributed by atoms with van der Waals surface area (Å²) >= 11 is 2.81. The van der Waals surface area contributed by atoms with Crippen LogP contribution in [0.1, 0.15) is 37.8 Å². The van der Waals surface area contributed by atoms with Crippen LogP contribution in [0.5, 0.6) is 0 Å². The highest BCUT2D eigenvalue weighted by Crippen LogP contribution is 2.63. The van der Waals surface area contributed by atoms with Crippen molar-refractivity contribution in [3.63, 3.8) is 0 Å². The highest BCUT2D eigenvalue weighted by atomic mass is 79.9. The van der Waals surface area contributed by atoms with Gasteiger partial charge in [-0.2, -0.15) is 17.6 Å². The number of halogens is 7. The lowest BCUT2D eigenvalue weighted by Crippen LogP contribution is -2.30. The maximum absolute atomic E-state index is 12.9. The quantitative estimate of drug-likeness (QED) is 0.162. The lowest BCUT2D eigenvalue weighted by atomic mass is 9.92. The molecule has 8 nitrogen and oxygen atoms in total. The molecule has 0 radical (unpaired) electrons. The largest absolute Gasteiger partial charge is 0.316 e. The Labute approximate surface area is 304 Å². The molecular formula is C34H43BrF6N4O4S2. The lowest BCUT2D eigenvalue weighted by molar-refractivity contribution is 0.268. The SMILES string of the molecule is CC1(c2cccc(NS(C)(=O)=O)c2)C2CN(CCC(F)=C(F)F)CC21.CC1(c2cccc(NS(C)(=O)=O)c2)C2CNCC21.FC(F)=C(F)CCBr. The van der Waals surface area contributed by atoms with E-state index >= 15 is 0 Å². The highest BCUT2D eigenvalue weighted by Gasteiger charge is 2.65. The molecule has 0 amide bonds. The number of benzene rings is 2. The average Bonchev–Trinajstić information content (AvgIpc) is 3.52. The molecule has 4 atom stereocenters. The van der Waals surface area contributed by atoms with Gasteiger partial charge in [-0.1, -0.05) is 54.0 Å². The number of allylic oxidation sites excluding steroid dienone is 1. The van der Waals surface area contributed by atoms with Gasteiger partial charge >= 0.3 is 12.2 Å². The zero-order chi connectivity index (χ0) is 37.9. The molecule has 2 heterocycles. The van der Waals surface area contributed by atoms with Gasteiger partial charge in [0.25, 0.3) is 0 Å². The Morgan fingerprint density at radius 2 is 1.16 bits per heavy atom. The van der Waals surface area contributed by atoms with Gasteiger partial charge in [0.15, 0.2) is 11.7 Å². The van der Waals surface area contributed by atoms with E-state index < -0.39 is 43.9 Å². The van der Waals surface area contributed by atoms with Crippen LogP contribution in [-0.2, 0) is 30.9 Å². The summed E-state index contributed by atoms with van der Waals surface area (Å²) in [4.78, 5) is 2.01. The number of rotatable bonds is 11. The Hall–Kier alpha value is -2.60. The summed E-state index contributed by atoms with van der Waals surface area (Å²) in [5, 5.41) is 3.62. The zero-order valence-electron chi connectivity index (χ0n) is 28.6. The smallest absolute Gasteiger partial charge is 0.301 e. The van der Waals surface area contributed by atoms with Crippen molar-refractivity contribution < 1.29 is 43.2 Å². The Bertz CT molecular complexity index is 1830.